The normalized spacial score (nSPS) is 11.8. The van der Waals surface area contributed by atoms with Crippen LogP contribution >= 0.6 is 0 Å². The first-order valence-corrected chi connectivity index (χ1v) is 5.78. The third kappa shape index (κ3) is 11.8. The average molecular weight is 212 g/mol. The molecule has 0 saturated carbocycles. The highest BCUT2D eigenvalue weighted by Crippen LogP contribution is 1.89. The minimum Gasteiger partial charge on any atom is -0.379 e. The molecule has 0 saturated heterocycles. The average Bonchev–Trinajstić information content (AvgIpc) is 2.01. The van der Waals surface area contributed by atoms with E-state index in [4.69, 9.17) is 14.0 Å². The molecule has 0 atom stereocenters. The zero-order valence-corrected chi connectivity index (χ0v) is 8.55. The van der Waals surface area contributed by atoms with Crippen LogP contribution in [-0.2, 0) is 19.6 Å². The molecule has 6 heteroatoms. The van der Waals surface area contributed by atoms with Crippen LogP contribution in [0.25, 0.3) is 0 Å². The van der Waals surface area contributed by atoms with Gasteiger partial charge >= 0.3 is 0 Å². The molecule has 0 aromatic rings. The van der Waals surface area contributed by atoms with Gasteiger partial charge in [-0.3, -0.25) is 4.55 Å². The highest BCUT2D eigenvalue weighted by molar-refractivity contribution is 7.85. The molecule has 0 fully saturated rings. The van der Waals surface area contributed by atoms with Crippen molar-refractivity contribution in [2.45, 2.75) is 13.3 Å². The SMILES string of the molecule is CCOCCOCCCS(=O)(=O)O. The van der Waals surface area contributed by atoms with Crippen LogP contribution in [0.1, 0.15) is 13.3 Å². The Morgan fingerprint density at radius 1 is 1.15 bits per heavy atom. The highest BCUT2D eigenvalue weighted by Gasteiger charge is 2.02. The standard InChI is InChI=1S/C7H16O5S/c1-2-11-5-6-12-4-3-7-13(8,9)10/h2-7H2,1H3,(H,8,9,10). The molecular weight excluding hydrogens is 196 g/mol. The quantitative estimate of drug-likeness (QED) is 0.463. The molecule has 0 radical (unpaired) electrons. The first kappa shape index (κ1) is 12.8. The van der Waals surface area contributed by atoms with Gasteiger partial charge < -0.3 is 9.47 Å². The number of rotatable bonds is 8. The van der Waals surface area contributed by atoms with Crippen LogP contribution in [0.15, 0.2) is 0 Å². The number of ether oxygens (including phenoxy) is 2. The van der Waals surface area contributed by atoms with Gasteiger partial charge in [-0.1, -0.05) is 0 Å². The second-order valence-electron chi connectivity index (χ2n) is 2.45. The molecule has 0 heterocycles. The van der Waals surface area contributed by atoms with Gasteiger partial charge in [-0.2, -0.15) is 8.42 Å². The van der Waals surface area contributed by atoms with Crippen molar-refractivity contribution >= 4 is 10.1 Å². The minimum absolute atomic E-state index is 0.248. The van der Waals surface area contributed by atoms with Crippen molar-refractivity contribution in [1.82, 2.24) is 0 Å². The van der Waals surface area contributed by atoms with Crippen molar-refractivity contribution in [1.29, 1.82) is 0 Å². The molecule has 0 aliphatic carbocycles. The van der Waals surface area contributed by atoms with Crippen molar-refractivity contribution < 1.29 is 22.4 Å². The highest BCUT2D eigenvalue weighted by atomic mass is 32.2. The summed E-state index contributed by atoms with van der Waals surface area (Å²) in [6.45, 7) is 3.83. The Balaban J connectivity index is 3.09. The van der Waals surface area contributed by atoms with Gasteiger partial charge in [0.05, 0.1) is 19.0 Å². The van der Waals surface area contributed by atoms with Crippen molar-refractivity contribution in [3.63, 3.8) is 0 Å². The lowest BCUT2D eigenvalue weighted by atomic mass is 10.5. The molecule has 5 nitrogen and oxygen atoms in total. The fourth-order valence-electron chi connectivity index (χ4n) is 0.708. The fourth-order valence-corrected chi connectivity index (χ4v) is 1.19. The van der Waals surface area contributed by atoms with E-state index in [2.05, 4.69) is 0 Å². The van der Waals surface area contributed by atoms with E-state index in [1.54, 1.807) is 0 Å². The molecule has 0 spiro atoms. The Morgan fingerprint density at radius 3 is 2.31 bits per heavy atom. The first-order chi connectivity index (χ1) is 6.06. The Hall–Kier alpha value is -0.170. The summed E-state index contributed by atoms with van der Waals surface area (Å²) in [4.78, 5) is 0. The Kier molecular flexibility index (Phi) is 7.16. The van der Waals surface area contributed by atoms with Crippen molar-refractivity contribution in [2.75, 3.05) is 32.2 Å². The summed E-state index contributed by atoms with van der Waals surface area (Å²) in [7, 11) is -3.83. The lowest BCUT2D eigenvalue weighted by molar-refractivity contribution is 0.0532. The zero-order valence-electron chi connectivity index (χ0n) is 7.73. The Labute approximate surface area is 78.8 Å². The van der Waals surface area contributed by atoms with Crippen LogP contribution in [0.2, 0.25) is 0 Å². The van der Waals surface area contributed by atoms with Gasteiger partial charge in [-0.15, -0.1) is 0 Å². The van der Waals surface area contributed by atoms with Crippen molar-refractivity contribution in [3.8, 4) is 0 Å². The van der Waals surface area contributed by atoms with Crippen LogP contribution in [0, 0.1) is 0 Å². The van der Waals surface area contributed by atoms with E-state index >= 15 is 0 Å². The maximum absolute atomic E-state index is 10.2. The molecule has 80 valence electrons. The van der Waals surface area contributed by atoms with Crippen LogP contribution in [0.4, 0.5) is 0 Å². The molecule has 0 bridgehead atoms. The smallest absolute Gasteiger partial charge is 0.264 e. The molecule has 0 aromatic carbocycles. The molecule has 13 heavy (non-hydrogen) atoms. The molecule has 0 aliphatic heterocycles. The summed E-state index contributed by atoms with van der Waals surface area (Å²) < 4.78 is 38.9. The summed E-state index contributed by atoms with van der Waals surface area (Å²) in [5.74, 6) is -0.248. The first-order valence-electron chi connectivity index (χ1n) is 4.17. The van der Waals surface area contributed by atoms with Gasteiger partial charge in [0.2, 0.25) is 0 Å². The largest absolute Gasteiger partial charge is 0.379 e. The number of hydrogen-bond donors (Lipinski definition) is 1. The predicted molar refractivity (Wildman–Crippen MR) is 48.3 cm³/mol. The van der Waals surface area contributed by atoms with Gasteiger partial charge in [0, 0.05) is 13.2 Å². The molecule has 0 aliphatic rings. The Bertz CT molecular complexity index is 199. The molecule has 0 amide bonds. The van der Waals surface area contributed by atoms with E-state index in [1.165, 1.54) is 0 Å². The summed E-state index contributed by atoms with van der Waals surface area (Å²) in [5.41, 5.74) is 0. The fraction of sp³-hybridized carbons (Fsp3) is 1.00. The van der Waals surface area contributed by atoms with Crippen LogP contribution in [0.5, 0.6) is 0 Å². The van der Waals surface area contributed by atoms with E-state index in [9.17, 15) is 8.42 Å². The van der Waals surface area contributed by atoms with E-state index < -0.39 is 10.1 Å². The second kappa shape index (κ2) is 7.25. The molecule has 0 aromatic heterocycles. The van der Waals surface area contributed by atoms with E-state index in [1.807, 2.05) is 6.92 Å². The molecule has 0 unspecified atom stereocenters. The monoisotopic (exact) mass is 212 g/mol. The lowest BCUT2D eigenvalue weighted by Crippen LogP contribution is -2.09. The van der Waals surface area contributed by atoms with Crippen molar-refractivity contribution in [2.24, 2.45) is 0 Å². The predicted octanol–water partition coefficient (Wildman–Crippen LogP) is 0.317. The molecule has 0 rings (SSSR count). The third-order valence-corrected chi connectivity index (χ3v) is 2.07. The van der Waals surface area contributed by atoms with Gasteiger partial charge in [-0.25, -0.2) is 0 Å². The summed E-state index contributed by atoms with van der Waals surface area (Å²) in [5, 5.41) is 0. The molecular formula is C7H16O5S. The van der Waals surface area contributed by atoms with Crippen LogP contribution in [0.3, 0.4) is 0 Å². The van der Waals surface area contributed by atoms with Gasteiger partial charge in [0.15, 0.2) is 0 Å². The molecule has 1 N–H and O–H groups in total. The van der Waals surface area contributed by atoms with E-state index in [0.717, 1.165) is 0 Å². The maximum Gasteiger partial charge on any atom is 0.264 e. The van der Waals surface area contributed by atoms with Gasteiger partial charge in [-0.05, 0) is 13.3 Å². The second-order valence-corrected chi connectivity index (χ2v) is 4.02. The van der Waals surface area contributed by atoms with Crippen LogP contribution in [-0.4, -0.2) is 45.2 Å². The van der Waals surface area contributed by atoms with Gasteiger partial charge in [0.1, 0.15) is 0 Å². The summed E-state index contributed by atoms with van der Waals surface area (Å²) >= 11 is 0. The zero-order chi connectivity index (χ0) is 10.2. The van der Waals surface area contributed by atoms with Crippen molar-refractivity contribution in [3.05, 3.63) is 0 Å². The number of hydrogen-bond acceptors (Lipinski definition) is 4. The topological polar surface area (TPSA) is 72.8 Å². The third-order valence-electron chi connectivity index (χ3n) is 1.27. The maximum atomic E-state index is 10.2. The van der Waals surface area contributed by atoms with E-state index in [-0.39, 0.29) is 5.75 Å². The van der Waals surface area contributed by atoms with Crippen LogP contribution < -0.4 is 0 Å². The Morgan fingerprint density at radius 2 is 1.77 bits per heavy atom. The lowest BCUT2D eigenvalue weighted by Gasteiger charge is -2.02. The van der Waals surface area contributed by atoms with E-state index in [0.29, 0.717) is 32.8 Å². The summed E-state index contributed by atoms with van der Waals surface area (Å²) in [6, 6.07) is 0. The minimum atomic E-state index is -3.83. The summed E-state index contributed by atoms with van der Waals surface area (Å²) in [6.07, 6.45) is 0.310. The van der Waals surface area contributed by atoms with Gasteiger partial charge in [0.25, 0.3) is 10.1 Å².